The highest BCUT2D eigenvalue weighted by Crippen LogP contribution is 2.12. The first-order valence-electron chi connectivity index (χ1n) is 5.58. The number of nitrogens with one attached hydrogen (secondary N) is 1. The zero-order chi connectivity index (χ0) is 13.0. The van der Waals surface area contributed by atoms with Gasteiger partial charge in [0, 0.05) is 30.7 Å². The number of aryl methyl sites for hydroxylation is 1. The van der Waals surface area contributed by atoms with E-state index in [2.05, 4.69) is 15.3 Å². The molecule has 0 atom stereocenters. The summed E-state index contributed by atoms with van der Waals surface area (Å²) in [6, 6.07) is 0. The van der Waals surface area contributed by atoms with E-state index in [1.807, 2.05) is 12.3 Å². The van der Waals surface area contributed by atoms with Crippen molar-refractivity contribution in [3.63, 3.8) is 0 Å². The van der Waals surface area contributed by atoms with Gasteiger partial charge in [-0.25, -0.2) is 9.97 Å². The summed E-state index contributed by atoms with van der Waals surface area (Å²) in [5, 5.41) is 6.14. The maximum absolute atomic E-state index is 12.5. The Morgan fingerprint density at radius 1 is 1.50 bits per heavy atom. The molecule has 2 rings (SSSR count). The first kappa shape index (κ1) is 13.1. The zero-order valence-corrected chi connectivity index (χ0v) is 10.8. The number of nitrogens with zero attached hydrogens (tertiary/aromatic N) is 3. The normalized spacial score (nSPS) is 11.3. The summed E-state index contributed by atoms with van der Waals surface area (Å²) >= 11 is 1.61. The first-order chi connectivity index (χ1) is 8.66. The van der Waals surface area contributed by atoms with Crippen LogP contribution < -0.4 is 5.32 Å². The molecule has 2 heterocycles. The van der Waals surface area contributed by atoms with Gasteiger partial charge in [-0.05, 0) is 6.92 Å². The maximum Gasteiger partial charge on any atom is 0.319 e. The lowest BCUT2D eigenvalue weighted by Crippen LogP contribution is -2.20. The van der Waals surface area contributed by atoms with Crippen molar-refractivity contribution in [2.45, 2.75) is 26.4 Å². The van der Waals surface area contributed by atoms with Crippen molar-refractivity contribution in [3.05, 3.63) is 34.3 Å². The monoisotopic (exact) mass is 272 g/mol. The molecule has 0 aliphatic carbocycles. The Morgan fingerprint density at radius 3 is 3.00 bits per heavy atom. The molecule has 98 valence electrons. The fourth-order valence-electron chi connectivity index (χ4n) is 1.60. The summed E-state index contributed by atoms with van der Waals surface area (Å²) in [7, 11) is 0. The number of rotatable bonds is 6. The van der Waals surface area contributed by atoms with E-state index in [-0.39, 0.29) is 0 Å². The predicted molar refractivity (Wildman–Crippen MR) is 65.7 cm³/mol. The first-order valence-corrected chi connectivity index (χ1v) is 6.46. The minimum Gasteiger partial charge on any atom is -0.310 e. The molecule has 0 bridgehead atoms. The van der Waals surface area contributed by atoms with Crippen LogP contribution in [0.3, 0.4) is 0 Å². The lowest BCUT2D eigenvalue weighted by Gasteiger charge is -2.07. The summed E-state index contributed by atoms with van der Waals surface area (Å²) in [5.74, 6) is 0.347. The van der Waals surface area contributed by atoms with Crippen LogP contribution in [0.2, 0.25) is 0 Å². The summed E-state index contributed by atoms with van der Waals surface area (Å²) in [6.45, 7) is 0.450. The minimum absolute atomic E-state index is 0.334. The lowest BCUT2D eigenvalue weighted by atomic mass is 10.3. The fourth-order valence-corrected chi connectivity index (χ4v) is 2.25. The average molecular weight is 272 g/mol. The molecular weight excluding hydrogens is 258 g/mol. The molecule has 18 heavy (non-hydrogen) atoms. The predicted octanol–water partition coefficient (Wildman–Crippen LogP) is 2.38. The van der Waals surface area contributed by atoms with Crippen molar-refractivity contribution in [1.29, 1.82) is 0 Å². The quantitative estimate of drug-likeness (QED) is 0.821. The Hall–Kier alpha value is -1.34. The fraction of sp³-hybridized carbons (Fsp3) is 0.455. The second-order valence-corrected chi connectivity index (χ2v) is 4.88. The van der Waals surface area contributed by atoms with Crippen LogP contribution in [0.4, 0.5) is 8.78 Å². The Kier molecular flexibility index (Phi) is 4.38. The standard InChI is InChI=1S/C11H14F2N4S/c1-8-16-9(7-18-8)2-3-14-6-10-15-4-5-17(10)11(12)13/h4-5,7,11,14H,2-3,6H2,1H3. The summed E-state index contributed by atoms with van der Waals surface area (Å²) in [6.07, 6.45) is 3.46. The topological polar surface area (TPSA) is 42.7 Å². The number of hydrogen-bond donors (Lipinski definition) is 1. The van der Waals surface area contributed by atoms with Gasteiger partial charge in [-0.2, -0.15) is 8.78 Å². The van der Waals surface area contributed by atoms with Crippen molar-refractivity contribution in [2.24, 2.45) is 0 Å². The molecule has 0 spiro atoms. The molecule has 0 radical (unpaired) electrons. The highest BCUT2D eigenvalue weighted by atomic mass is 32.1. The molecule has 0 aliphatic heterocycles. The number of halogens is 2. The van der Waals surface area contributed by atoms with Gasteiger partial charge in [0.25, 0.3) is 0 Å². The van der Waals surface area contributed by atoms with E-state index in [4.69, 9.17) is 0 Å². The summed E-state index contributed by atoms with van der Waals surface area (Å²) in [5.41, 5.74) is 1.03. The van der Waals surface area contributed by atoms with Crippen LogP contribution in [0.25, 0.3) is 0 Å². The van der Waals surface area contributed by atoms with Gasteiger partial charge < -0.3 is 5.32 Å². The van der Waals surface area contributed by atoms with Gasteiger partial charge in [-0.1, -0.05) is 0 Å². The molecule has 0 saturated carbocycles. The Labute approximate surface area is 108 Å². The molecular formula is C11H14F2N4S. The average Bonchev–Trinajstić information content (AvgIpc) is 2.93. The maximum atomic E-state index is 12.5. The Balaban J connectivity index is 1.77. The van der Waals surface area contributed by atoms with Crippen LogP contribution >= 0.6 is 11.3 Å². The van der Waals surface area contributed by atoms with E-state index < -0.39 is 6.55 Å². The smallest absolute Gasteiger partial charge is 0.310 e. The van der Waals surface area contributed by atoms with Crippen molar-refractivity contribution < 1.29 is 8.78 Å². The van der Waals surface area contributed by atoms with Crippen LogP contribution in [-0.2, 0) is 13.0 Å². The lowest BCUT2D eigenvalue weighted by molar-refractivity contribution is 0.0666. The van der Waals surface area contributed by atoms with Crippen molar-refractivity contribution >= 4 is 11.3 Å². The number of hydrogen-bond acceptors (Lipinski definition) is 4. The molecule has 0 fully saturated rings. The second-order valence-electron chi connectivity index (χ2n) is 3.81. The summed E-state index contributed by atoms with van der Waals surface area (Å²) < 4.78 is 25.9. The minimum atomic E-state index is -2.54. The molecule has 7 heteroatoms. The van der Waals surface area contributed by atoms with Gasteiger partial charge in [0.15, 0.2) is 0 Å². The Morgan fingerprint density at radius 2 is 2.33 bits per heavy atom. The molecule has 0 aliphatic rings. The van der Waals surface area contributed by atoms with Gasteiger partial charge in [0.05, 0.1) is 17.2 Å². The van der Waals surface area contributed by atoms with Gasteiger partial charge in [0.2, 0.25) is 0 Å². The number of thiazole rings is 1. The molecule has 0 aromatic carbocycles. The second kappa shape index (κ2) is 6.01. The van der Waals surface area contributed by atoms with Crippen LogP contribution in [0.5, 0.6) is 0 Å². The third-order valence-electron chi connectivity index (χ3n) is 2.47. The van der Waals surface area contributed by atoms with E-state index in [0.717, 1.165) is 21.7 Å². The van der Waals surface area contributed by atoms with E-state index >= 15 is 0 Å². The molecule has 1 N–H and O–H groups in total. The van der Waals surface area contributed by atoms with Crippen LogP contribution in [0.1, 0.15) is 23.1 Å². The van der Waals surface area contributed by atoms with E-state index in [1.54, 1.807) is 11.3 Å². The number of alkyl halides is 2. The third kappa shape index (κ3) is 3.33. The highest BCUT2D eigenvalue weighted by Gasteiger charge is 2.10. The number of aromatic nitrogens is 3. The van der Waals surface area contributed by atoms with Gasteiger partial charge in [0.1, 0.15) is 5.82 Å². The van der Waals surface area contributed by atoms with Gasteiger partial charge in [-0.3, -0.25) is 4.57 Å². The van der Waals surface area contributed by atoms with Crippen molar-refractivity contribution in [2.75, 3.05) is 6.54 Å². The number of imidazole rings is 1. The van der Waals surface area contributed by atoms with Crippen LogP contribution in [0, 0.1) is 6.92 Å². The zero-order valence-electron chi connectivity index (χ0n) is 9.94. The molecule has 0 amide bonds. The van der Waals surface area contributed by atoms with Crippen LogP contribution in [0.15, 0.2) is 17.8 Å². The summed E-state index contributed by atoms with van der Waals surface area (Å²) in [4.78, 5) is 8.22. The molecule has 0 unspecified atom stereocenters. The van der Waals surface area contributed by atoms with Gasteiger partial charge >= 0.3 is 6.55 Å². The molecule has 2 aromatic heterocycles. The van der Waals surface area contributed by atoms with E-state index in [1.165, 1.54) is 12.4 Å². The van der Waals surface area contributed by atoms with Crippen LogP contribution in [-0.4, -0.2) is 21.1 Å². The van der Waals surface area contributed by atoms with Gasteiger partial charge in [-0.15, -0.1) is 11.3 Å². The molecule has 2 aromatic rings. The third-order valence-corrected chi connectivity index (χ3v) is 3.29. The van der Waals surface area contributed by atoms with E-state index in [0.29, 0.717) is 18.9 Å². The molecule has 0 saturated heterocycles. The Bertz CT molecular complexity index is 495. The van der Waals surface area contributed by atoms with Crippen molar-refractivity contribution in [3.8, 4) is 0 Å². The van der Waals surface area contributed by atoms with Crippen molar-refractivity contribution in [1.82, 2.24) is 19.9 Å². The SMILES string of the molecule is Cc1nc(CCNCc2nccn2C(F)F)cs1. The molecule has 4 nitrogen and oxygen atoms in total. The highest BCUT2D eigenvalue weighted by molar-refractivity contribution is 7.09. The van der Waals surface area contributed by atoms with E-state index in [9.17, 15) is 8.78 Å². The largest absolute Gasteiger partial charge is 0.319 e.